The van der Waals surface area contributed by atoms with Crippen LogP contribution in [0, 0.1) is 6.92 Å². The lowest BCUT2D eigenvalue weighted by Crippen LogP contribution is -2.17. The largest absolute Gasteiger partial charge is 0.573 e. The van der Waals surface area contributed by atoms with Crippen LogP contribution in [-0.4, -0.2) is 22.9 Å². The molecule has 0 fully saturated rings. The Morgan fingerprint density at radius 2 is 1.89 bits per heavy atom. The summed E-state index contributed by atoms with van der Waals surface area (Å²) in [4.78, 5) is 8.70. The van der Waals surface area contributed by atoms with Gasteiger partial charge in [-0.15, -0.1) is 24.5 Å². The van der Waals surface area contributed by atoms with E-state index in [1.165, 1.54) is 17.4 Å². The summed E-state index contributed by atoms with van der Waals surface area (Å²) in [5, 5.41) is 0.912. The predicted octanol–water partition coefficient (Wildman–Crippen LogP) is 5.86. The second kappa shape index (κ2) is 8.77. The predicted molar refractivity (Wildman–Crippen MR) is 103 cm³/mol. The molecule has 0 saturated carbocycles. The van der Waals surface area contributed by atoms with Gasteiger partial charge < -0.3 is 9.47 Å². The average Bonchev–Trinajstić information content (AvgIpc) is 3.01. The summed E-state index contributed by atoms with van der Waals surface area (Å²) in [5.74, 6) is 0.695. The number of alkyl halides is 3. The zero-order chi connectivity index (χ0) is 20.1. The summed E-state index contributed by atoms with van der Waals surface area (Å²) in [6, 6.07) is 4.93. The van der Waals surface area contributed by atoms with E-state index in [0.717, 1.165) is 42.0 Å². The molecule has 0 spiro atoms. The molecule has 0 N–H and O–H groups in total. The van der Waals surface area contributed by atoms with Gasteiger partial charge in [0.15, 0.2) is 0 Å². The Labute approximate surface area is 165 Å². The molecule has 3 aromatic rings. The maximum Gasteiger partial charge on any atom is 0.573 e. The zero-order valence-corrected chi connectivity index (χ0v) is 16.5. The first-order valence-corrected chi connectivity index (χ1v) is 9.89. The normalized spacial score (nSPS) is 11.8. The number of thiazole rings is 1. The molecule has 0 atom stereocenters. The number of nitrogens with zero attached hydrogens (tertiary/aromatic N) is 2. The number of hydrogen-bond acceptors (Lipinski definition) is 5. The van der Waals surface area contributed by atoms with Crippen LogP contribution in [0.2, 0.25) is 0 Å². The molecule has 0 radical (unpaired) electrons. The molecule has 0 unspecified atom stereocenters. The smallest absolute Gasteiger partial charge is 0.493 e. The van der Waals surface area contributed by atoms with Crippen LogP contribution in [0.25, 0.3) is 10.2 Å². The standard InChI is InChI=1S/C20H21F3N2O2S/c1-3-26-16-8-9-24-12-14(16)6-4-5-7-19-25-15-10-13(2)17(11-18(15)28-19)27-20(21,22)23/h8-12H,3-7H2,1-2H3. The summed E-state index contributed by atoms with van der Waals surface area (Å²) in [6.45, 7) is 4.15. The molecule has 1 aromatic carbocycles. The van der Waals surface area contributed by atoms with Crippen LogP contribution in [0.1, 0.15) is 35.9 Å². The van der Waals surface area contributed by atoms with Gasteiger partial charge in [-0.25, -0.2) is 4.98 Å². The SMILES string of the molecule is CCOc1ccncc1CCCCc1nc2cc(C)c(OC(F)(F)F)cc2s1. The molecule has 0 aliphatic rings. The van der Waals surface area contributed by atoms with Crippen molar-refractivity contribution in [3.05, 3.63) is 46.7 Å². The maximum absolute atomic E-state index is 12.5. The molecule has 0 aliphatic carbocycles. The van der Waals surface area contributed by atoms with Gasteiger partial charge in [0.05, 0.1) is 21.8 Å². The van der Waals surface area contributed by atoms with Crippen molar-refractivity contribution in [2.75, 3.05) is 6.61 Å². The Hall–Kier alpha value is -2.35. The Bertz CT molecular complexity index is 941. The Balaban J connectivity index is 1.61. The number of unbranched alkanes of at least 4 members (excludes halogenated alkanes) is 1. The van der Waals surface area contributed by atoms with Crippen molar-refractivity contribution in [1.82, 2.24) is 9.97 Å². The summed E-state index contributed by atoms with van der Waals surface area (Å²) >= 11 is 1.41. The molecule has 0 aliphatic heterocycles. The monoisotopic (exact) mass is 410 g/mol. The Kier molecular flexibility index (Phi) is 6.39. The van der Waals surface area contributed by atoms with Gasteiger partial charge in [-0.2, -0.15) is 0 Å². The van der Waals surface area contributed by atoms with E-state index in [2.05, 4.69) is 14.7 Å². The van der Waals surface area contributed by atoms with Gasteiger partial charge >= 0.3 is 6.36 Å². The molecule has 4 nitrogen and oxygen atoms in total. The summed E-state index contributed by atoms with van der Waals surface area (Å²) in [7, 11) is 0. The second-order valence-corrected chi connectivity index (χ2v) is 7.48. The highest BCUT2D eigenvalue weighted by atomic mass is 32.1. The third-order valence-electron chi connectivity index (χ3n) is 4.20. The quantitative estimate of drug-likeness (QED) is 0.436. The molecular weight excluding hydrogens is 389 g/mol. The molecule has 3 rings (SSSR count). The minimum absolute atomic E-state index is 0.171. The molecule has 2 heterocycles. The van der Waals surface area contributed by atoms with Crippen LogP contribution in [-0.2, 0) is 12.8 Å². The van der Waals surface area contributed by atoms with E-state index in [9.17, 15) is 13.2 Å². The second-order valence-electron chi connectivity index (χ2n) is 6.36. The van der Waals surface area contributed by atoms with Crippen molar-refractivity contribution in [3.8, 4) is 11.5 Å². The number of ether oxygens (including phenoxy) is 2. The lowest BCUT2D eigenvalue weighted by molar-refractivity contribution is -0.274. The van der Waals surface area contributed by atoms with Crippen molar-refractivity contribution < 1.29 is 22.6 Å². The third kappa shape index (κ3) is 5.34. The van der Waals surface area contributed by atoms with Crippen LogP contribution in [0.15, 0.2) is 30.6 Å². The van der Waals surface area contributed by atoms with Crippen molar-refractivity contribution in [2.24, 2.45) is 0 Å². The van der Waals surface area contributed by atoms with Crippen molar-refractivity contribution in [1.29, 1.82) is 0 Å². The number of hydrogen-bond donors (Lipinski definition) is 0. The number of halogens is 3. The lowest BCUT2D eigenvalue weighted by Gasteiger charge is -2.10. The first-order chi connectivity index (χ1) is 13.4. The van der Waals surface area contributed by atoms with E-state index in [0.29, 0.717) is 22.4 Å². The highest BCUT2D eigenvalue weighted by Crippen LogP contribution is 2.33. The fourth-order valence-electron chi connectivity index (χ4n) is 2.94. The Morgan fingerprint density at radius 3 is 2.64 bits per heavy atom. The van der Waals surface area contributed by atoms with Gasteiger partial charge in [0.2, 0.25) is 0 Å². The van der Waals surface area contributed by atoms with Gasteiger partial charge in [0, 0.05) is 24.0 Å². The number of benzene rings is 1. The molecule has 28 heavy (non-hydrogen) atoms. The first-order valence-electron chi connectivity index (χ1n) is 9.07. The number of pyridine rings is 1. The van der Waals surface area contributed by atoms with Crippen LogP contribution in [0.4, 0.5) is 13.2 Å². The lowest BCUT2D eigenvalue weighted by atomic mass is 10.1. The van der Waals surface area contributed by atoms with E-state index < -0.39 is 6.36 Å². The highest BCUT2D eigenvalue weighted by molar-refractivity contribution is 7.18. The van der Waals surface area contributed by atoms with E-state index >= 15 is 0 Å². The van der Waals surface area contributed by atoms with Crippen LogP contribution in [0.3, 0.4) is 0 Å². The van der Waals surface area contributed by atoms with Crippen molar-refractivity contribution >= 4 is 21.6 Å². The maximum atomic E-state index is 12.5. The summed E-state index contributed by atoms with van der Waals surface area (Å²) in [6.07, 6.45) is 2.35. The minimum atomic E-state index is -4.70. The average molecular weight is 410 g/mol. The number of aryl methyl sites for hydroxylation is 3. The van der Waals surface area contributed by atoms with E-state index in [1.54, 1.807) is 19.2 Å². The van der Waals surface area contributed by atoms with Crippen LogP contribution >= 0.6 is 11.3 Å². The zero-order valence-electron chi connectivity index (χ0n) is 15.7. The van der Waals surface area contributed by atoms with Crippen molar-refractivity contribution in [3.63, 3.8) is 0 Å². The number of fused-ring (bicyclic) bond motifs is 1. The molecular formula is C20H21F3N2O2S. The van der Waals surface area contributed by atoms with Crippen LogP contribution in [0.5, 0.6) is 11.5 Å². The van der Waals surface area contributed by atoms with E-state index in [-0.39, 0.29) is 5.75 Å². The molecule has 150 valence electrons. The van der Waals surface area contributed by atoms with Gasteiger partial charge in [-0.05, 0) is 57.2 Å². The van der Waals surface area contributed by atoms with E-state index in [4.69, 9.17) is 4.74 Å². The number of aromatic nitrogens is 2. The molecule has 8 heteroatoms. The van der Waals surface area contributed by atoms with Crippen LogP contribution < -0.4 is 9.47 Å². The topological polar surface area (TPSA) is 44.2 Å². The van der Waals surface area contributed by atoms with E-state index in [1.807, 2.05) is 19.2 Å². The molecule has 2 aromatic heterocycles. The van der Waals surface area contributed by atoms with Gasteiger partial charge in [0.1, 0.15) is 11.5 Å². The minimum Gasteiger partial charge on any atom is -0.493 e. The first kappa shape index (κ1) is 20.4. The van der Waals surface area contributed by atoms with Gasteiger partial charge in [-0.1, -0.05) is 0 Å². The van der Waals surface area contributed by atoms with Crippen molar-refractivity contribution in [2.45, 2.75) is 45.9 Å². The molecule has 0 bridgehead atoms. The summed E-state index contributed by atoms with van der Waals surface area (Å²) in [5.41, 5.74) is 2.21. The fourth-order valence-corrected chi connectivity index (χ4v) is 3.96. The Morgan fingerprint density at radius 1 is 1.11 bits per heavy atom. The summed E-state index contributed by atoms with van der Waals surface area (Å²) < 4.78 is 47.9. The third-order valence-corrected chi connectivity index (χ3v) is 5.28. The molecule has 0 amide bonds. The van der Waals surface area contributed by atoms with Gasteiger partial charge in [0.25, 0.3) is 0 Å². The number of rotatable bonds is 8. The van der Waals surface area contributed by atoms with Gasteiger partial charge in [-0.3, -0.25) is 4.98 Å². The highest BCUT2D eigenvalue weighted by Gasteiger charge is 2.32. The molecule has 0 saturated heterocycles. The fraction of sp³-hybridized carbons (Fsp3) is 0.400.